The molecule has 0 saturated carbocycles. The fourth-order valence-corrected chi connectivity index (χ4v) is 3.23. The van der Waals surface area contributed by atoms with Gasteiger partial charge in [-0.25, -0.2) is 4.79 Å². The molecule has 1 aromatic rings. The summed E-state index contributed by atoms with van der Waals surface area (Å²) in [4.78, 5) is 23.5. The first-order valence-electron chi connectivity index (χ1n) is 5.93. The smallest absolute Gasteiger partial charge is 0.348 e. The number of ether oxygens (including phenoxy) is 1. The van der Waals surface area contributed by atoms with Gasteiger partial charge in [0.2, 0.25) is 0 Å². The van der Waals surface area contributed by atoms with Crippen LogP contribution in [0, 0.1) is 0 Å². The van der Waals surface area contributed by atoms with Gasteiger partial charge in [-0.3, -0.25) is 4.79 Å². The van der Waals surface area contributed by atoms with Gasteiger partial charge in [0.1, 0.15) is 4.88 Å². The van der Waals surface area contributed by atoms with E-state index < -0.39 is 5.97 Å². The first-order valence-corrected chi connectivity index (χ1v) is 8.33. The molecule has 0 radical (unpaired) electrons. The maximum atomic E-state index is 11.7. The van der Waals surface area contributed by atoms with Gasteiger partial charge in [0.25, 0.3) is 5.91 Å². The normalized spacial score (nSPS) is 10.3. The summed E-state index contributed by atoms with van der Waals surface area (Å²) in [5.41, 5.74) is 0. The Morgan fingerprint density at radius 3 is 2.68 bits per heavy atom. The van der Waals surface area contributed by atoms with Gasteiger partial charge in [-0.1, -0.05) is 19.8 Å². The average molecular weight is 413 g/mol. The van der Waals surface area contributed by atoms with Gasteiger partial charge < -0.3 is 10.1 Å². The maximum absolute atomic E-state index is 11.7. The molecule has 0 aliphatic rings. The molecule has 1 amide bonds. The van der Waals surface area contributed by atoms with Crippen molar-refractivity contribution in [1.29, 1.82) is 0 Å². The lowest BCUT2D eigenvalue weighted by Gasteiger charge is -2.05. The molecule has 0 aliphatic heterocycles. The second kappa shape index (κ2) is 8.71. The van der Waals surface area contributed by atoms with Crippen LogP contribution in [-0.2, 0) is 9.53 Å². The number of amides is 1. The molecule has 4 nitrogen and oxygen atoms in total. The zero-order valence-electron chi connectivity index (χ0n) is 10.5. The Balaban J connectivity index is 2.28. The molecule has 106 valence electrons. The molecular weight excluding hydrogens is 398 g/mol. The van der Waals surface area contributed by atoms with Crippen molar-refractivity contribution in [2.45, 2.75) is 26.2 Å². The van der Waals surface area contributed by atoms with Gasteiger partial charge in [0, 0.05) is 11.0 Å². The van der Waals surface area contributed by atoms with E-state index in [0.717, 1.165) is 27.5 Å². The fourth-order valence-electron chi connectivity index (χ4n) is 1.30. The quantitative estimate of drug-likeness (QED) is 0.548. The van der Waals surface area contributed by atoms with E-state index in [-0.39, 0.29) is 12.5 Å². The number of hydrogen-bond donors (Lipinski definition) is 1. The van der Waals surface area contributed by atoms with Crippen molar-refractivity contribution in [1.82, 2.24) is 5.32 Å². The Morgan fingerprint density at radius 2 is 2.11 bits per heavy atom. The van der Waals surface area contributed by atoms with Gasteiger partial charge in [-0.2, -0.15) is 0 Å². The molecule has 0 spiro atoms. The van der Waals surface area contributed by atoms with E-state index in [1.54, 1.807) is 6.07 Å². The molecular formula is C12H15Br2NO3S. The van der Waals surface area contributed by atoms with Crippen molar-refractivity contribution in [2.24, 2.45) is 0 Å². The van der Waals surface area contributed by atoms with E-state index >= 15 is 0 Å². The van der Waals surface area contributed by atoms with Crippen LogP contribution in [0.4, 0.5) is 0 Å². The molecule has 0 saturated heterocycles. The summed E-state index contributed by atoms with van der Waals surface area (Å²) < 4.78 is 6.56. The van der Waals surface area contributed by atoms with Gasteiger partial charge in [0.05, 0.1) is 3.79 Å². The molecule has 1 aromatic heterocycles. The molecule has 0 bridgehead atoms. The molecule has 0 fully saturated rings. The average Bonchev–Trinajstić information content (AvgIpc) is 2.72. The summed E-state index contributed by atoms with van der Waals surface area (Å²) >= 11 is 7.85. The zero-order valence-corrected chi connectivity index (χ0v) is 14.5. The van der Waals surface area contributed by atoms with Gasteiger partial charge in [0.15, 0.2) is 6.61 Å². The molecule has 1 rings (SSSR count). The van der Waals surface area contributed by atoms with Gasteiger partial charge in [-0.15, -0.1) is 11.3 Å². The molecule has 0 atom stereocenters. The van der Waals surface area contributed by atoms with E-state index in [4.69, 9.17) is 4.74 Å². The third-order valence-electron chi connectivity index (χ3n) is 2.28. The second-order valence-corrected chi connectivity index (χ2v) is 7.09. The van der Waals surface area contributed by atoms with E-state index in [0.29, 0.717) is 11.4 Å². The lowest BCUT2D eigenvalue weighted by atomic mass is 10.2. The van der Waals surface area contributed by atoms with E-state index in [1.807, 2.05) is 0 Å². The van der Waals surface area contributed by atoms with Crippen LogP contribution in [0.15, 0.2) is 14.3 Å². The van der Waals surface area contributed by atoms with Crippen molar-refractivity contribution < 1.29 is 14.3 Å². The van der Waals surface area contributed by atoms with E-state index in [2.05, 4.69) is 44.1 Å². The standard InChI is InChI=1S/C12H15Br2NO3S/c1-2-3-4-5-15-10(16)7-18-12(17)9-6-8(13)11(14)19-9/h6H,2-5,7H2,1H3,(H,15,16). The molecule has 19 heavy (non-hydrogen) atoms. The molecule has 0 aromatic carbocycles. The maximum Gasteiger partial charge on any atom is 0.348 e. The van der Waals surface area contributed by atoms with Crippen LogP contribution in [0.2, 0.25) is 0 Å². The largest absolute Gasteiger partial charge is 0.451 e. The van der Waals surface area contributed by atoms with Crippen molar-refractivity contribution in [3.05, 3.63) is 19.2 Å². The summed E-state index contributed by atoms with van der Waals surface area (Å²) in [5, 5.41) is 2.71. The van der Waals surface area contributed by atoms with Gasteiger partial charge >= 0.3 is 5.97 Å². The zero-order chi connectivity index (χ0) is 14.3. The Labute approximate surface area is 133 Å². The number of esters is 1. The van der Waals surface area contributed by atoms with Crippen molar-refractivity contribution in [2.75, 3.05) is 13.2 Å². The van der Waals surface area contributed by atoms with Crippen LogP contribution in [0.3, 0.4) is 0 Å². The number of unbranched alkanes of at least 4 members (excludes halogenated alkanes) is 2. The first-order chi connectivity index (χ1) is 9.04. The summed E-state index contributed by atoms with van der Waals surface area (Å²) in [6, 6.07) is 1.66. The van der Waals surface area contributed by atoms with Gasteiger partial charge in [-0.05, 0) is 44.3 Å². The minimum Gasteiger partial charge on any atom is -0.451 e. The highest BCUT2D eigenvalue weighted by Crippen LogP contribution is 2.32. The van der Waals surface area contributed by atoms with Crippen LogP contribution in [-0.4, -0.2) is 25.0 Å². The summed E-state index contributed by atoms with van der Waals surface area (Å²) in [6.45, 7) is 2.49. The van der Waals surface area contributed by atoms with E-state index in [9.17, 15) is 9.59 Å². The summed E-state index contributed by atoms with van der Waals surface area (Å²) in [7, 11) is 0. The van der Waals surface area contributed by atoms with Crippen LogP contribution in [0.1, 0.15) is 35.9 Å². The number of thiophene rings is 1. The second-order valence-electron chi connectivity index (χ2n) is 3.87. The number of rotatable bonds is 7. The molecule has 0 unspecified atom stereocenters. The highest BCUT2D eigenvalue weighted by atomic mass is 79.9. The summed E-state index contributed by atoms with van der Waals surface area (Å²) in [5.74, 6) is -0.751. The Kier molecular flexibility index (Phi) is 7.63. The van der Waals surface area contributed by atoms with Crippen LogP contribution < -0.4 is 5.32 Å². The molecule has 1 heterocycles. The Morgan fingerprint density at radius 1 is 1.37 bits per heavy atom. The summed E-state index contributed by atoms with van der Waals surface area (Å²) in [6.07, 6.45) is 3.13. The third-order valence-corrected chi connectivity index (χ3v) is 5.52. The van der Waals surface area contributed by atoms with Crippen LogP contribution in [0.5, 0.6) is 0 Å². The first kappa shape index (κ1) is 16.7. The number of carbonyl (C=O) groups is 2. The minimum atomic E-state index is -0.486. The van der Waals surface area contributed by atoms with Crippen molar-refractivity contribution in [3.8, 4) is 0 Å². The third kappa shape index (κ3) is 6.05. The highest BCUT2D eigenvalue weighted by Gasteiger charge is 2.14. The minimum absolute atomic E-state index is 0.238. The van der Waals surface area contributed by atoms with Crippen molar-refractivity contribution in [3.63, 3.8) is 0 Å². The Hall–Kier alpha value is -0.400. The lowest BCUT2D eigenvalue weighted by Crippen LogP contribution is -2.29. The predicted molar refractivity (Wildman–Crippen MR) is 82.5 cm³/mol. The highest BCUT2D eigenvalue weighted by molar-refractivity contribution is 9.13. The number of carbonyl (C=O) groups excluding carboxylic acids is 2. The van der Waals surface area contributed by atoms with Crippen LogP contribution >= 0.6 is 43.2 Å². The SMILES string of the molecule is CCCCCNC(=O)COC(=O)c1cc(Br)c(Br)s1. The number of nitrogens with one attached hydrogen (secondary N) is 1. The number of hydrogen-bond acceptors (Lipinski definition) is 4. The molecule has 7 heteroatoms. The number of halogens is 2. The van der Waals surface area contributed by atoms with E-state index in [1.165, 1.54) is 11.3 Å². The topological polar surface area (TPSA) is 55.4 Å². The molecule has 0 aliphatic carbocycles. The van der Waals surface area contributed by atoms with Crippen molar-refractivity contribution >= 4 is 55.1 Å². The Bertz CT molecular complexity index is 429. The van der Waals surface area contributed by atoms with Crippen LogP contribution in [0.25, 0.3) is 0 Å². The predicted octanol–water partition coefficient (Wildman–Crippen LogP) is 3.74. The fraction of sp³-hybridized carbons (Fsp3) is 0.500. The monoisotopic (exact) mass is 411 g/mol. The lowest BCUT2D eigenvalue weighted by molar-refractivity contribution is -0.124. The molecule has 1 N–H and O–H groups in total.